The highest BCUT2D eigenvalue weighted by atomic mass is 15.1. The first-order valence-corrected chi connectivity index (χ1v) is 26.1. The molecule has 2 heteroatoms. The molecule has 0 spiro atoms. The lowest BCUT2D eigenvalue weighted by atomic mass is 9.95. The second kappa shape index (κ2) is 19.1. The highest BCUT2D eigenvalue weighted by Crippen LogP contribution is 2.41. The van der Waals surface area contributed by atoms with E-state index < -0.39 is 0 Å². The summed E-state index contributed by atoms with van der Waals surface area (Å²) in [7, 11) is 0. The van der Waals surface area contributed by atoms with E-state index in [1.807, 2.05) is 0 Å². The molecule has 14 rings (SSSR count). The van der Waals surface area contributed by atoms with Crippen molar-refractivity contribution in [2.24, 2.45) is 0 Å². The van der Waals surface area contributed by atoms with Crippen molar-refractivity contribution in [1.82, 2.24) is 4.57 Å². The second-order valence-corrected chi connectivity index (χ2v) is 19.7. The lowest BCUT2D eigenvalue weighted by molar-refractivity contribution is 1.18. The van der Waals surface area contributed by atoms with Gasteiger partial charge in [-0.1, -0.05) is 224 Å². The molecule has 76 heavy (non-hydrogen) atoms. The predicted molar refractivity (Wildman–Crippen MR) is 323 cm³/mol. The standard InChI is InChI=1S/C74H50N2/c1-3-27-67-54(15-1)17-13-31-69(67)61-24-10-20-57(48-61)52-37-43-64(44-38-52)75(65-45-39-53(40-46-65)58-21-11-25-62(49-58)70-32-14-18-55-16-2-4-28-68(55)70)63-41-35-51(36-42-63)56-19-9-22-59(47-56)60-23-12-26-66(50-60)76-73-33-7-5-29-71(73)72-30-6-8-34-74(72)76/h1-50H. The number of para-hydroxylation sites is 2. The van der Waals surface area contributed by atoms with Crippen molar-refractivity contribution in [1.29, 1.82) is 0 Å². The van der Waals surface area contributed by atoms with Gasteiger partial charge in [-0.25, -0.2) is 0 Å². The molecule has 0 aliphatic carbocycles. The minimum Gasteiger partial charge on any atom is -0.311 e. The van der Waals surface area contributed by atoms with Gasteiger partial charge < -0.3 is 9.47 Å². The number of hydrogen-bond donors (Lipinski definition) is 0. The van der Waals surface area contributed by atoms with E-state index in [-0.39, 0.29) is 0 Å². The zero-order chi connectivity index (χ0) is 50.4. The fourth-order valence-corrected chi connectivity index (χ4v) is 11.4. The average Bonchev–Trinajstić information content (AvgIpc) is 3.87. The Morgan fingerprint density at radius 1 is 0.211 bits per heavy atom. The van der Waals surface area contributed by atoms with Crippen LogP contribution in [0.15, 0.2) is 303 Å². The summed E-state index contributed by atoms with van der Waals surface area (Å²) in [6, 6.07) is 111. The lowest BCUT2D eigenvalue weighted by Crippen LogP contribution is -2.09. The topological polar surface area (TPSA) is 8.17 Å². The quantitative estimate of drug-likeness (QED) is 0.133. The fraction of sp³-hybridized carbons (Fsp3) is 0. The van der Waals surface area contributed by atoms with Gasteiger partial charge in [-0.05, 0) is 167 Å². The third-order valence-corrected chi connectivity index (χ3v) is 15.2. The maximum atomic E-state index is 2.39. The summed E-state index contributed by atoms with van der Waals surface area (Å²) in [6.45, 7) is 0. The van der Waals surface area contributed by atoms with E-state index in [1.165, 1.54) is 105 Å². The highest BCUT2D eigenvalue weighted by molar-refractivity contribution is 6.09. The monoisotopic (exact) mass is 966 g/mol. The van der Waals surface area contributed by atoms with Crippen LogP contribution in [-0.2, 0) is 0 Å². The molecular weight excluding hydrogens is 917 g/mol. The Morgan fingerprint density at radius 3 is 0.974 bits per heavy atom. The normalized spacial score (nSPS) is 11.4. The Hall–Kier alpha value is -10.0. The molecule has 14 aromatic rings. The zero-order valence-electron chi connectivity index (χ0n) is 41.8. The van der Waals surface area contributed by atoms with Crippen molar-refractivity contribution in [2.45, 2.75) is 0 Å². The molecule has 0 aliphatic heterocycles. The first kappa shape index (κ1) is 44.7. The Morgan fingerprint density at radius 2 is 0.526 bits per heavy atom. The molecule has 0 aliphatic rings. The first-order chi connectivity index (χ1) is 37.7. The molecule has 1 heterocycles. The third kappa shape index (κ3) is 8.19. The van der Waals surface area contributed by atoms with Crippen LogP contribution in [0.2, 0.25) is 0 Å². The molecule has 0 radical (unpaired) electrons. The van der Waals surface area contributed by atoms with E-state index >= 15 is 0 Å². The van der Waals surface area contributed by atoms with Gasteiger partial charge in [0.2, 0.25) is 0 Å². The number of rotatable bonds is 10. The van der Waals surface area contributed by atoms with Gasteiger partial charge in [-0.2, -0.15) is 0 Å². The van der Waals surface area contributed by atoms with E-state index in [2.05, 4.69) is 313 Å². The van der Waals surface area contributed by atoms with Crippen LogP contribution >= 0.6 is 0 Å². The molecule has 2 nitrogen and oxygen atoms in total. The maximum absolute atomic E-state index is 2.39. The molecule has 13 aromatic carbocycles. The molecule has 0 N–H and O–H groups in total. The summed E-state index contributed by atoms with van der Waals surface area (Å²) in [5.74, 6) is 0. The maximum Gasteiger partial charge on any atom is 0.0541 e. The van der Waals surface area contributed by atoms with Gasteiger partial charge in [-0.3, -0.25) is 0 Å². The molecule has 0 bridgehead atoms. The molecular formula is C74H50N2. The van der Waals surface area contributed by atoms with E-state index in [0.29, 0.717) is 0 Å². The van der Waals surface area contributed by atoms with Gasteiger partial charge in [0.15, 0.2) is 0 Å². The predicted octanol–water partition coefficient (Wildman–Crippen LogP) is 20.6. The number of benzene rings is 13. The van der Waals surface area contributed by atoms with Crippen LogP contribution in [0.4, 0.5) is 17.1 Å². The smallest absolute Gasteiger partial charge is 0.0541 e. The summed E-state index contributed by atoms with van der Waals surface area (Å²) < 4.78 is 2.39. The fourth-order valence-electron chi connectivity index (χ4n) is 11.4. The zero-order valence-corrected chi connectivity index (χ0v) is 41.8. The SMILES string of the molecule is c1cc(-c2ccc(N(c3ccc(-c4cccc(-c5cccc6ccccc56)c4)cc3)c3ccc(-c4cccc(-c5cccc6ccccc56)c4)cc3)cc2)cc(-c2cccc(-n3c4ccccc4c4ccccc43)c2)c1. The number of fused-ring (bicyclic) bond motifs is 5. The van der Waals surface area contributed by atoms with Gasteiger partial charge in [-0.15, -0.1) is 0 Å². The second-order valence-electron chi connectivity index (χ2n) is 19.7. The molecule has 0 saturated heterocycles. The molecule has 0 unspecified atom stereocenters. The van der Waals surface area contributed by atoms with Crippen molar-refractivity contribution < 1.29 is 0 Å². The third-order valence-electron chi connectivity index (χ3n) is 15.2. The molecule has 1 aromatic heterocycles. The summed E-state index contributed by atoms with van der Waals surface area (Å²) >= 11 is 0. The van der Waals surface area contributed by atoms with Crippen molar-refractivity contribution in [2.75, 3.05) is 4.90 Å². The summed E-state index contributed by atoms with van der Waals surface area (Å²) in [5.41, 5.74) is 21.1. The highest BCUT2D eigenvalue weighted by Gasteiger charge is 2.17. The molecule has 0 amide bonds. The summed E-state index contributed by atoms with van der Waals surface area (Å²) in [4.78, 5) is 2.37. The number of aromatic nitrogens is 1. The Kier molecular flexibility index (Phi) is 11.2. The van der Waals surface area contributed by atoms with Gasteiger partial charge in [0.1, 0.15) is 0 Å². The summed E-state index contributed by atoms with van der Waals surface area (Å²) in [6.07, 6.45) is 0. The van der Waals surface area contributed by atoms with E-state index in [4.69, 9.17) is 0 Å². The van der Waals surface area contributed by atoms with Crippen LogP contribution in [0.3, 0.4) is 0 Å². The molecule has 356 valence electrons. The first-order valence-electron chi connectivity index (χ1n) is 26.1. The number of nitrogens with zero attached hydrogens (tertiary/aromatic N) is 2. The van der Waals surface area contributed by atoms with Crippen LogP contribution in [0, 0.1) is 0 Å². The van der Waals surface area contributed by atoms with Crippen LogP contribution < -0.4 is 4.90 Å². The number of anilines is 3. The molecule has 0 saturated carbocycles. The van der Waals surface area contributed by atoms with Crippen molar-refractivity contribution >= 4 is 60.4 Å². The van der Waals surface area contributed by atoms with Crippen LogP contribution in [0.25, 0.3) is 116 Å². The Bertz CT molecular complexity index is 4220. The van der Waals surface area contributed by atoms with E-state index in [1.54, 1.807) is 0 Å². The Labute approximate surface area is 443 Å². The van der Waals surface area contributed by atoms with Crippen LogP contribution in [0.5, 0.6) is 0 Å². The van der Waals surface area contributed by atoms with Gasteiger partial charge in [0.05, 0.1) is 11.0 Å². The summed E-state index contributed by atoms with van der Waals surface area (Å²) in [5, 5.41) is 7.54. The lowest BCUT2D eigenvalue weighted by Gasteiger charge is -2.26. The average molecular weight is 967 g/mol. The van der Waals surface area contributed by atoms with Crippen molar-refractivity contribution in [3.63, 3.8) is 0 Å². The minimum absolute atomic E-state index is 1.08. The largest absolute Gasteiger partial charge is 0.311 e. The number of hydrogen-bond acceptors (Lipinski definition) is 1. The van der Waals surface area contributed by atoms with E-state index in [9.17, 15) is 0 Å². The van der Waals surface area contributed by atoms with Gasteiger partial charge >= 0.3 is 0 Å². The molecule has 0 fully saturated rings. The van der Waals surface area contributed by atoms with Crippen LogP contribution in [0.1, 0.15) is 0 Å². The van der Waals surface area contributed by atoms with Crippen LogP contribution in [-0.4, -0.2) is 4.57 Å². The van der Waals surface area contributed by atoms with Gasteiger partial charge in [0.25, 0.3) is 0 Å². The van der Waals surface area contributed by atoms with Crippen molar-refractivity contribution in [3.8, 4) is 72.4 Å². The Balaban J connectivity index is 0.802. The minimum atomic E-state index is 1.08. The van der Waals surface area contributed by atoms with Gasteiger partial charge in [0, 0.05) is 33.5 Å². The van der Waals surface area contributed by atoms with Crippen molar-refractivity contribution in [3.05, 3.63) is 303 Å². The van der Waals surface area contributed by atoms with E-state index in [0.717, 1.165) is 28.3 Å². The molecule has 0 atom stereocenters.